The van der Waals surface area contributed by atoms with Crippen LogP contribution in [-0.2, 0) is 16.4 Å². The first-order valence-electron chi connectivity index (χ1n) is 7.40. The van der Waals surface area contributed by atoms with Crippen LogP contribution in [0, 0.1) is 12.8 Å². The molecule has 23 heavy (non-hydrogen) atoms. The molecular weight excluding hydrogens is 354 g/mol. The van der Waals surface area contributed by atoms with Crippen LogP contribution in [-0.4, -0.2) is 18.6 Å². The predicted octanol–water partition coefficient (Wildman–Crippen LogP) is 4.28. The summed E-state index contributed by atoms with van der Waals surface area (Å²) in [4.78, 5) is 0.154. The van der Waals surface area contributed by atoms with Crippen LogP contribution in [0.2, 0.25) is 5.02 Å². The molecule has 5 nitrogen and oxygen atoms in total. The lowest BCUT2D eigenvalue weighted by Gasteiger charge is -2.08. The van der Waals surface area contributed by atoms with Crippen LogP contribution in [0.3, 0.4) is 0 Å². The number of anilines is 1. The number of aromatic nitrogens is 2. The van der Waals surface area contributed by atoms with Gasteiger partial charge in [-0.2, -0.15) is 0 Å². The van der Waals surface area contributed by atoms with Crippen LogP contribution in [0.1, 0.15) is 37.3 Å². The maximum Gasteiger partial charge on any atom is 0.264 e. The third-order valence-electron chi connectivity index (χ3n) is 3.37. The fraction of sp³-hybridized carbons (Fsp3) is 0.467. The summed E-state index contributed by atoms with van der Waals surface area (Å²) >= 11 is 7.26. The Balaban J connectivity index is 2.09. The van der Waals surface area contributed by atoms with Gasteiger partial charge in [0.1, 0.15) is 5.01 Å². The van der Waals surface area contributed by atoms with Gasteiger partial charge in [-0.1, -0.05) is 49.3 Å². The number of nitrogens with one attached hydrogen (secondary N) is 1. The Hall–Kier alpha value is -1.18. The van der Waals surface area contributed by atoms with Crippen LogP contribution in [0.4, 0.5) is 5.13 Å². The summed E-state index contributed by atoms with van der Waals surface area (Å²) < 4.78 is 27.4. The Kier molecular flexibility index (Phi) is 6.00. The molecule has 1 N–H and O–H groups in total. The average molecular weight is 374 g/mol. The van der Waals surface area contributed by atoms with Gasteiger partial charge in [-0.25, -0.2) is 8.42 Å². The molecule has 0 radical (unpaired) electrons. The Morgan fingerprint density at radius 1 is 1.30 bits per heavy atom. The van der Waals surface area contributed by atoms with Crippen LogP contribution >= 0.6 is 22.9 Å². The van der Waals surface area contributed by atoms with Gasteiger partial charge < -0.3 is 0 Å². The molecule has 0 unspecified atom stereocenters. The summed E-state index contributed by atoms with van der Waals surface area (Å²) in [7, 11) is -3.71. The highest BCUT2D eigenvalue weighted by Gasteiger charge is 2.20. The Morgan fingerprint density at radius 3 is 2.74 bits per heavy atom. The van der Waals surface area contributed by atoms with E-state index in [1.165, 1.54) is 17.4 Å². The molecule has 0 saturated carbocycles. The van der Waals surface area contributed by atoms with Crippen molar-refractivity contribution in [2.24, 2.45) is 5.92 Å². The van der Waals surface area contributed by atoms with Gasteiger partial charge in [0.25, 0.3) is 10.0 Å². The first-order chi connectivity index (χ1) is 10.8. The minimum Gasteiger partial charge on any atom is -0.253 e. The zero-order chi connectivity index (χ0) is 17.0. The zero-order valence-corrected chi connectivity index (χ0v) is 15.7. The topological polar surface area (TPSA) is 72.0 Å². The van der Waals surface area contributed by atoms with E-state index >= 15 is 0 Å². The van der Waals surface area contributed by atoms with Crippen molar-refractivity contribution in [3.8, 4) is 0 Å². The van der Waals surface area contributed by atoms with Crippen molar-refractivity contribution in [3.63, 3.8) is 0 Å². The molecule has 0 aliphatic heterocycles. The molecule has 0 fully saturated rings. The van der Waals surface area contributed by atoms with Crippen molar-refractivity contribution in [1.82, 2.24) is 10.2 Å². The molecule has 2 rings (SSSR count). The largest absolute Gasteiger partial charge is 0.264 e. The minimum absolute atomic E-state index is 0.154. The van der Waals surface area contributed by atoms with E-state index in [4.69, 9.17) is 11.6 Å². The molecule has 1 aromatic heterocycles. The monoisotopic (exact) mass is 373 g/mol. The number of nitrogens with zero attached hydrogens (tertiary/aromatic N) is 2. The summed E-state index contributed by atoms with van der Waals surface area (Å²) in [5, 5.41) is 9.51. The number of sulfonamides is 1. The maximum absolute atomic E-state index is 12.5. The minimum atomic E-state index is -3.71. The first-order valence-corrected chi connectivity index (χ1v) is 10.1. The predicted molar refractivity (Wildman–Crippen MR) is 94.7 cm³/mol. The van der Waals surface area contributed by atoms with E-state index in [9.17, 15) is 8.42 Å². The number of benzene rings is 1. The van der Waals surface area contributed by atoms with Gasteiger partial charge in [0.2, 0.25) is 5.13 Å². The Labute approximate surface area is 146 Å². The lowest BCUT2D eigenvalue weighted by atomic mass is 10.1. The van der Waals surface area contributed by atoms with E-state index in [0.29, 0.717) is 16.5 Å². The van der Waals surface area contributed by atoms with Gasteiger partial charge in [-0.05, 0) is 37.0 Å². The molecule has 0 amide bonds. The lowest BCUT2D eigenvalue weighted by molar-refractivity contribution is 0.554. The van der Waals surface area contributed by atoms with E-state index in [-0.39, 0.29) is 10.0 Å². The van der Waals surface area contributed by atoms with E-state index in [1.807, 2.05) is 0 Å². The Morgan fingerprint density at radius 2 is 2.04 bits per heavy atom. The smallest absolute Gasteiger partial charge is 0.253 e. The fourth-order valence-corrected chi connectivity index (χ4v) is 4.62. The number of rotatable bonds is 7. The fourth-order valence-electron chi connectivity index (χ4n) is 2.11. The van der Waals surface area contributed by atoms with Crippen LogP contribution in [0.5, 0.6) is 0 Å². The Bertz CT molecular complexity index is 773. The van der Waals surface area contributed by atoms with E-state index < -0.39 is 10.0 Å². The number of aryl methyl sites for hydroxylation is 1. The molecule has 1 aromatic carbocycles. The van der Waals surface area contributed by atoms with Gasteiger partial charge in [0.05, 0.1) is 4.90 Å². The van der Waals surface area contributed by atoms with Crippen molar-refractivity contribution in [2.75, 3.05) is 4.72 Å². The summed E-state index contributed by atoms with van der Waals surface area (Å²) in [6.07, 6.45) is 2.95. The second-order valence-electron chi connectivity index (χ2n) is 5.76. The first kappa shape index (κ1) is 18.2. The van der Waals surface area contributed by atoms with Crippen molar-refractivity contribution < 1.29 is 8.42 Å². The molecular formula is C15H20ClN3O2S2. The molecule has 2 aromatic rings. The van der Waals surface area contributed by atoms with Crippen molar-refractivity contribution in [1.29, 1.82) is 0 Å². The number of hydrogen-bond donors (Lipinski definition) is 1. The van der Waals surface area contributed by atoms with Gasteiger partial charge in [-0.3, -0.25) is 4.72 Å². The second kappa shape index (κ2) is 7.59. The van der Waals surface area contributed by atoms with Gasteiger partial charge >= 0.3 is 0 Å². The third-order valence-corrected chi connectivity index (χ3v) is 6.29. The van der Waals surface area contributed by atoms with Crippen molar-refractivity contribution >= 4 is 38.1 Å². The molecule has 0 saturated heterocycles. The highest BCUT2D eigenvalue weighted by atomic mass is 35.5. The standard InChI is InChI=1S/C15H20ClN3O2S2/c1-10(2)6-4-9-14-17-18-15(22-14)19-23(20,21)13-8-5-7-12(16)11(13)3/h5,7-8,10H,4,6,9H2,1-3H3,(H,18,19). The SMILES string of the molecule is Cc1c(Cl)cccc1S(=O)(=O)Nc1nnc(CCCC(C)C)s1. The number of hydrogen-bond acceptors (Lipinski definition) is 5. The number of halogens is 1. The highest BCUT2D eigenvalue weighted by molar-refractivity contribution is 7.93. The molecule has 0 spiro atoms. The lowest BCUT2D eigenvalue weighted by Crippen LogP contribution is -2.14. The maximum atomic E-state index is 12.5. The van der Waals surface area contributed by atoms with Crippen LogP contribution in [0.25, 0.3) is 0 Å². The second-order valence-corrected chi connectivity index (χ2v) is 8.88. The molecule has 0 bridgehead atoms. The quantitative estimate of drug-likeness (QED) is 0.786. The summed E-state index contributed by atoms with van der Waals surface area (Å²) in [6.45, 7) is 6.02. The van der Waals surface area contributed by atoms with Gasteiger partial charge in [0, 0.05) is 11.4 Å². The van der Waals surface area contributed by atoms with Gasteiger partial charge in [-0.15, -0.1) is 10.2 Å². The summed E-state index contributed by atoms with van der Waals surface area (Å²) in [5.74, 6) is 0.645. The van der Waals surface area contributed by atoms with E-state index in [1.54, 1.807) is 19.1 Å². The summed E-state index contributed by atoms with van der Waals surface area (Å²) in [5.41, 5.74) is 0.517. The van der Waals surface area contributed by atoms with E-state index in [2.05, 4.69) is 28.8 Å². The summed E-state index contributed by atoms with van der Waals surface area (Å²) in [6, 6.07) is 4.79. The highest BCUT2D eigenvalue weighted by Crippen LogP contribution is 2.26. The third kappa shape index (κ3) is 4.89. The average Bonchev–Trinajstić information content (AvgIpc) is 2.88. The zero-order valence-electron chi connectivity index (χ0n) is 13.3. The van der Waals surface area contributed by atoms with Crippen LogP contribution in [0.15, 0.2) is 23.1 Å². The molecule has 0 aliphatic carbocycles. The molecule has 1 heterocycles. The van der Waals surface area contributed by atoms with Crippen molar-refractivity contribution in [2.45, 2.75) is 44.9 Å². The molecule has 0 atom stereocenters. The van der Waals surface area contributed by atoms with E-state index in [0.717, 1.165) is 24.3 Å². The normalized spacial score (nSPS) is 11.9. The van der Waals surface area contributed by atoms with Crippen LogP contribution < -0.4 is 4.72 Å². The molecule has 0 aliphatic rings. The molecule has 8 heteroatoms. The van der Waals surface area contributed by atoms with Gasteiger partial charge in [0.15, 0.2) is 0 Å². The molecule has 126 valence electrons. The van der Waals surface area contributed by atoms with Crippen molar-refractivity contribution in [3.05, 3.63) is 33.8 Å².